The zero-order chi connectivity index (χ0) is 13.0. The number of nitrogens with two attached hydrogens (primary N) is 1. The maximum absolute atomic E-state index is 6.03. The Morgan fingerprint density at radius 1 is 1.33 bits per heavy atom. The third-order valence-corrected chi connectivity index (χ3v) is 3.72. The number of hydrogen-bond donors (Lipinski definition) is 1. The standard InChI is InChI=1S/C13H21ClN4/c1-2-3-17-4-6-18(7-5-17)13-8-11(9-15)12(14)10-16-13/h8,10H,2-7,9,15H2,1H3. The van der Waals surface area contributed by atoms with Crippen LogP contribution in [0.25, 0.3) is 0 Å². The molecule has 0 aliphatic carbocycles. The van der Waals surface area contributed by atoms with Crippen molar-refractivity contribution in [3.8, 4) is 0 Å². The molecule has 0 aromatic carbocycles. The van der Waals surface area contributed by atoms with Crippen molar-refractivity contribution in [1.82, 2.24) is 9.88 Å². The average Bonchev–Trinajstić information content (AvgIpc) is 2.41. The van der Waals surface area contributed by atoms with Gasteiger partial charge in [0.15, 0.2) is 0 Å². The van der Waals surface area contributed by atoms with Crippen LogP contribution in [0.15, 0.2) is 12.3 Å². The van der Waals surface area contributed by atoms with Crippen LogP contribution < -0.4 is 10.6 Å². The Kier molecular flexibility index (Phi) is 4.80. The fraction of sp³-hybridized carbons (Fsp3) is 0.615. The summed E-state index contributed by atoms with van der Waals surface area (Å²) in [5.74, 6) is 0.996. The van der Waals surface area contributed by atoms with Crippen molar-refractivity contribution in [2.24, 2.45) is 5.73 Å². The number of nitrogens with zero attached hydrogens (tertiary/aromatic N) is 3. The van der Waals surface area contributed by atoms with Crippen LogP contribution in [0.5, 0.6) is 0 Å². The van der Waals surface area contributed by atoms with E-state index < -0.39 is 0 Å². The first kappa shape index (κ1) is 13.6. The molecule has 2 N–H and O–H groups in total. The number of rotatable bonds is 4. The molecule has 1 aromatic heterocycles. The van der Waals surface area contributed by atoms with Crippen LogP contribution in [0.4, 0.5) is 5.82 Å². The summed E-state index contributed by atoms with van der Waals surface area (Å²) in [6.45, 7) is 8.14. The molecule has 2 rings (SSSR count). The Morgan fingerprint density at radius 2 is 2.06 bits per heavy atom. The first-order chi connectivity index (χ1) is 8.74. The van der Waals surface area contributed by atoms with Gasteiger partial charge in [0.2, 0.25) is 0 Å². The van der Waals surface area contributed by atoms with Crippen molar-refractivity contribution in [2.45, 2.75) is 19.9 Å². The van der Waals surface area contributed by atoms with E-state index in [9.17, 15) is 0 Å². The summed E-state index contributed by atoms with van der Waals surface area (Å²) in [5.41, 5.74) is 6.64. The van der Waals surface area contributed by atoms with Gasteiger partial charge in [0.1, 0.15) is 5.82 Å². The van der Waals surface area contributed by atoms with Gasteiger partial charge >= 0.3 is 0 Å². The molecule has 0 amide bonds. The van der Waals surface area contributed by atoms with Crippen LogP contribution >= 0.6 is 11.6 Å². The van der Waals surface area contributed by atoms with Gasteiger partial charge in [-0.05, 0) is 24.6 Å². The van der Waals surface area contributed by atoms with Gasteiger partial charge in [-0.25, -0.2) is 4.98 Å². The SMILES string of the molecule is CCCN1CCN(c2cc(CN)c(Cl)cn2)CC1. The smallest absolute Gasteiger partial charge is 0.128 e. The lowest BCUT2D eigenvalue weighted by Gasteiger charge is -2.35. The third kappa shape index (κ3) is 3.13. The fourth-order valence-corrected chi connectivity index (χ4v) is 2.49. The average molecular weight is 269 g/mol. The first-order valence-electron chi connectivity index (χ1n) is 6.56. The summed E-state index contributed by atoms with van der Waals surface area (Å²) in [6, 6.07) is 2.01. The van der Waals surface area contributed by atoms with Crippen molar-refractivity contribution in [2.75, 3.05) is 37.6 Å². The minimum absolute atomic E-state index is 0.462. The molecular weight excluding hydrogens is 248 g/mol. The molecule has 1 saturated heterocycles. The van der Waals surface area contributed by atoms with Gasteiger partial charge in [0.25, 0.3) is 0 Å². The molecule has 100 valence electrons. The molecule has 0 unspecified atom stereocenters. The molecule has 2 heterocycles. The van der Waals surface area contributed by atoms with Gasteiger partial charge in [-0.2, -0.15) is 0 Å². The molecular formula is C13H21ClN4. The van der Waals surface area contributed by atoms with Crippen LogP contribution in [0, 0.1) is 0 Å². The van der Waals surface area contributed by atoms with Gasteiger partial charge in [0, 0.05) is 38.9 Å². The van der Waals surface area contributed by atoms with E-state index in [1.54, 1.807) is 6.20 Å². The Morgan fingerprint density at radius 3 is 2.67 bits per heavy atom. The molecule has 4 nitrogen and oxygen atoms in total. The molecule has 0 bridgehead atoms. The first-order valence-corrected chi connectivity index (χ1v) is 6.94. The number of hydrogen-bond acceptors (Lipinski definition) is 4. The van der Waals surface area contributed by atoms with Gasteiger partial charge in [-0.1, -0.05) is 18.5 Å². The lowest BCUT2D eigenvalue weighted by Crippen LogP contribution is -2.46. The second kappa shape index (κ2) is 6.36. The van der Waals surface area contributed by atoms with Gasteiger partial charge in [0.05, 0.1) is 5.02 Å². The zero-order valence-electron chi connectivity index (χ0n) is 10.9. The van der Waals surface area contributed by atoms with Crippen LogP contribution in [0.3, 0.4) is 0 Å². The maximum atomic E-state index is 6.03. The molecule has 18 heavy (non-hydrogen) atoms. The van der Waals surface area contributed by atoms with Crippen molar-refractivity contribution in [3.63, 3.8) is 0 Å². The number of piperazine rings is 1. The highest BCUT2D eigenvalue weighted by atomic mass is 35.5. The summed E-state index contributed by atoms with van der Waals surface area (Å²) in [5, 5.41) is 0.658. The second-order valence-electron chi connectivity index (χ2n) is 4.67. The zero-order valence-corrected chi connectivity index (χ0v) is 11.7. The van der Waals surface area contributed by atoms with Gasteiger partial charge in [-0.15, -0.1) is 0 Å². The molecule has 1 aromatic rings. The van der Waals surface area contributed by atoms with E-state index in [0.717, 1.165) is 37.6 Å². The number of aromatic nitrogens is 1. The highest BCUT2D eigenvalue weighted by Gasteiger charge is 2.17. The van der Waals surface area contributed by atoms with Crippen molar-refractivity contribution in [3.05, 3.63) is 22.8 Å². The van der Waals surface area contributed by atoms with E-state index in [2.05, 4.69) is 21.7 Å². The van der Waals surface area contributed by atoms with E-state index in [1.807, 2.05) is 6.07 Å². The topological polar surface area (TPSA) is 45.4 Å². The molecule has 5 heteroatoms. The molecule has 0 atom stereocenters. The fourth-order valence-electron chi connectivity index (χ4n) is 2.31. The normalized spacial score (nSPS) is 17.2. The lowest BCUT2D eigenvalue weighted by molar-refractivity contribution is 0.258. The third-order valence-electron chi connectivity index (χ3n) is 3.38. The highest BCUT2D eigenvalue weighted by Crippen LogP contribution is 2.21. The summed E-state index contributed by atoms with van der Waals surface area (Å²) >= 11 is 6.03. The molecule has 1 aliphatic rings. The summed E-state index contributed by atoms with van der Waals surface area (Å²) < 4.78 is 0. The Balaban J connectivity index is 2.01. The van der Waals surface area contributed by atoms with E-state index in [0.29, 0.717) is 11.6 Å². The minimum Gasteiger partial charge on any atom is -0.354 e. The van der Waals surface area contributed by atoms with Crippen molar-refractivity contribution < 1.29 is 0 Å². The largest absolute Gasteiger partial charge is 0.354 e. The summed E-state index contributed by atoms with van der Waals surface area (Å²) in [7, 11) is 0. The summed E-state index contributed by atoms with van der Waals surface area (Å²) in [4.78, 5) is 9.20. The molecule has 0 radical (unpaired) electrons. The van der Waals surface area contributed by atoms with Crippen LogP contribution in [-0.2, 0) is 6.54 Å². The van der Waals surface area contributed by atoms with Crippen LogP contribution in [-0.4, -0.2) is 42.6 Å². The predicted molar refractivity (Wildman–Crippen MR) is 76.1 cm³/mol. The van der Waals surface area contributed by atoms with Crippen LogP contribution in [0.1, 0.15) is 18.9 Å². The Hall–Kier alpha value is -0.840. The summed E-state index contributed by atoms with van der Waals surface area (Å²) in [6.07, 6.45) is 2.92. The second-order valence-corrected chi connectivity index (χ2v) is 5.07. The quantitative estimate of drug-likeness (QED) is 0.903. The Labute approximate surface area is 114 Å². The predicted octanol–water partition coefficient (Wildman–Crippen LogP) is 1.73. The molecule has 0 saturated carbocycles. The molecule has 0 spiro atoms. The van der Waals surface area contributed by atoms with E-state index in [4.69, 9.17) is 17.3 Å². The lowest BCUT2D eigenvalue weighted by atomic mass is 10.2. The maximum Gasteiger partial charge on any atom is 0.128 e. The number of anilines is 1. The number of halogens is 1. The van der Waals surface area contributed by atoms with Crippen molar-refractivity contribution >= 4 is 17.4 Å². The molecule has 1 aliphatic heterocycles. The minimum atomic E-state index is 0.462. The van der Waals surface area contributed by atoms with Gasteiger partial charge < -0.3 is 10.6 Å². The van der Waals surface area contributed by atoms with E-state index >= 15 is 0 Å². The number of pyridine rings is 1. The highest BCUT2D eigenvalue weighted by molar-refractivity contribution is 6.31. The molecule has 1 fully saturated rings. The van der Waals surface area contributed by atoms with E-state index in [1.165, 1.54) is 13.0 Å². The van der Waals surface area contributed by atoms with E-state index in [-0.39, 0.29) is 0 Å². The van der Waals surface area contributed by atoms with Crippen LogP contribution in [0.2, 0.25) is 5.02 Å². The van der Waals surface area contributed by atoms with Crippen molar-refractivity contribution in [1.29, 1.82) is 0 Å². The monoisotopic (exact) mass is 268 g/mol. The Bertz CT molecular complexity index is 389. The van der Waals surface area contributed by atoms with Gasteiger partial charge in [-0.3, -0.25) is 4.90 Å².